The van der Waals surface area contributed by atoms with Crippen LogP contribution in [0.5, 0.6) is 0 Å². The second-order valence-electron chi connectivity index (χ2n) is 5.37. The maximum Gasteiger partial charge on any atom is 0.333 e. The van der Waals surface area contributed by atoms with Crippen molar-refractivity contribution in [2.45, 2.75) is 26.2 Å². The lowest BCUT2D eigenvalue weighted by Gasteiger charge is -2.52. The molecular weight excluding hydrogens is 475 g/mol. The van der Waals surface area contributed by atoms with Crippen molar-refractivity contribution >= 4 is 57.6 Å². The van der Waals surface area contributed by atoms with E-state index in [0.29, 0.717) is 9.90 Å². The van der Waals surface area contributed by atoms with Gasteiger partial charge in [0.15, 0.2) is 13.9 Å². The number of amides is 1. The number of β-lactam (4-membered cyclic amide) rings is 1. The zero-order valence-corrected chi connectivity index (χ0v) is 17.2. The Morgan fingerprint density at radius 1 is 1.44 bits per heavy atom. The maximum absolute atomic E-state index is 12.7. The molecule has 1 amide bonds. The van der Waals surface area contributed by atoms with Crippen molar-refractivity contribution in [1.29, 1.82) is 0 Å². The summed E-state index contributed by atoms with van der Waals surface area (Å²) in [6.07, 6.45) is 0. The molecule has 25 heavy (non-hydrogen) atoms. The number of halogens is 1. The maximum atomic E-state index is 12.7. The van der Waals surface area contributed by atoms with Crippen LogP contribution in [0.3, 0.4) is 0 Å². The van der Waals surface area contributed by atoms with Crippen LogP contribution in [-0.4, -0.2) is 43.0 Å². The number of esters is 1. The molecule has 1 aliphatic rings. The molecule has 0 radical (unpaired) electrons. The second kappa shape index (κ2) is 7.17. The van der Waals surface area contributed by atoms with Crippen LogP contribution in [0.25, 0.3) is 0 Å². The van der Waals surface area contributed by atoms with E-state index < -0.39 is 20.9 Å². The fourth-order valence-electron chi connectivity index (χ4n) is 2.52. The molecule has 3 unspecified atom stereocenters. The van der Waals surface area contributed by atoms with Gasteiger partial charge < -0.3 is 15.4 Å². The van der Waals surface area contributed by atoms with Crippen LogP contribution in [0.15, 0.2) is 34.7 Å². The van der Waals surface area contributed by atoms with Gasteiger partial charge in [-0.25, -0.2) is 4.79 Å². The number of alkyl halides is 1. The van der Waals surface area contributed by atoms with Gasteiger partial charge in [-0.15, -0.1) is 10.2 Å². The van der Waals surface area contributed by atoms with Crippen LogP contribution in [0.1, 0.15) is 16.6 Å². The molecule has 0 saturated carbocycles. The number of hydrogen-bond donors (Lipinski definition) is 1. The van der Waals surface area contributed by atoms with Crippen LogP contribution in [0.2, 0.25) is 0 Å². The van der Waals surface area contributed by atoms with Gasteiger partial charge in [-0.05, 0) is 35.1 Å². The summed E-state index contributed by atoms with van der Waals surface area (Å²) in [5.41, 5.74) is 6.87. The summed E-state index contributed by atoms with van der Waals surface area (Å²) >= 11 is 4.67. The van der Waals surface area contributed by atoms with Crippen molar-refractivity contribution in [3.8, 4) is 0 Å². The average molecular weight is 490 g/mol. The van der Waals surface area contributed by atoms with Gasteiger partial charge in [0.2, 0.25) is 0 Å². The van der Waals surface area contributed by atoms with E-state index in [-0.39, 0.29) is 5.91 Å². The summed E-state index contributed by atoms with van der Waals surface area (Å²) in [5.74, 6) is -0.823. The molecule has 2 N–H and O–H groups in total. The van der Waals surface area contributed by atoms with Gasteiger partial charge in [0.25, 0.3) is 5.91 Å². The van der Waals surface area contributed by atoms with Crippen LogP contribution in [0, 0.1) is 6.92 Å². The van der Waals surface area contributed by atoms with Crippen molar-refractivity contribution in [3.63, 3.8) is 0 Å². The highest BCUT2D eigenvalue weighted by Gasteiger charge is 2.61. The number of nitrogens with zero attached hydrogens (tertiary/aromatic N) is 3. The summed E-state index contributed by atoms with van der Waals surface area (Å²) in [6, 6.07) is 8.19. The van der Waals surface area contributed by atoms with Crippen LogP contribution in [0.4, 0.5) is 0 Å². The number of methoxy groups -OCH3 is 1. The fraction of sp³-hybridized carbons (Fsp3) is 0.333. The number of hydrogen-bond acceptors (Lipinski definition) is 8. The molecule has 1 saturated heterocycles. The number of nitrogens with two attached hydrogens (primary N) is 1. The largest absolute Gasteiger partial charge is 0.467 e. The average Bonchev–Trinajstić information content (AvgIpc) is 3.03. The Balaban J connectivity index is 1.95. The number of aromatic nitrogens is 2. The van der Waals surface area contributed by atoms with Crippen molar-refractivity contribution in [1.82, 2.24) is 15.1 Å². The highest BCUT2D eigenvalue weighted by Crippen LogP contribution is 2.49. The first kappa shape index (κ1) is 18.5. The summed E-state index contributed by atoms with van der Waals surface area (Å²) in [7, 11) is 1.30. The Hall–Kier alpha value is -1.24. The van der Waals surface area contributed by atoms with Crippen LogP contribution < -0.4 is 5.73 Å². The van der Waals surface area contributed by atoms with Crippen molar-refractivity contribution < 1.29 is 14.3 Å². The minimum absolute atomic E-state index is 0.314. The molecule has 0 bridgehead atoms. The molecule has 10 heteroatoms. The number of ether oxygens (including phenoxy) is 1. The van der Waals surface area contributed by atoms with E-state index in [9.17, 15) is 9.59 Å². The van der Waals surface area contributed by atoms with E-state index in [1.165, 1.54) is 35.1 Å². The van der Waals surface area contributed by atoms with E-state index in [2.05, 4.69) is 10.2 Å². The molecule has 1 aliphatic heterocycles. The van der Waals surface area contributed by atoms with Gasteiger partial charge in [-0.3, -0.25) is 4.79 Å². The first-order valence-electron chi connectivity index (χ1n) is 7.26. The first-order chi connectivity index (χ1) is 11.9. The first-order valence-corrected chi connectivity index (χ1v) is 10.0. The number of thioether (sulfide) groups is 1. The number of carbonyl (C=O) groups excluding carboxylic acids is 2. The number of benzene rings is 1. The number of likely N-dealkylation sites (tertiary alicyclic amines) is 1. The van der Waals surface area contributed by atoms with E-state index >= 15 is 0 Å². The normalized spacial score (nSPS) is 23.9. The van der Waals surface area contributed by atoms with E-state index in [0.717, 1.165) is 5.01 Å². The summed E-state index contributed by atoms with van der Waals surface area (Å²) in [4.78, 5) is 26.5. The third kappa shape index (κ3) is 3.39. The Bertz CT molecular complexity index is 799. The van der Waals surface area contributed by atoms with Crippen LogP contribution >= 0.6 is 45.7 Å². The van der Waals surface area contributed by atoms with Gasteiger partial charge in [0.1, 0.15) is 10.4 Å². The molecule has 3 rings (SSSR count). The monoisotopic (exact) mass is 490 g/mol. The zero-order chi connectivity index (χ0) is 18.2. The third-order valence-electron chi connectivity index (χ3n) is 3.71. The molecule has 0 spiro atoms. The van der Waals surface area contributed by atoms with Gasteiger partial charge in [0.05, 0.1) is 7.11 Å². The number of aryl methyl sites for hydroxylation is 1. The van der Waals surface area contributed by atoms with Gasteiger partial charge in [0, 0.05) is 0 Å². The van der Waals surface area contributed by atoms with Crippen molar-refractivity contribution in [3.05, 3.63) is 40.9 Å². The van der Waals surface area contributed by atoms with E-state index in [4.69, 9.17) is 10.5 Å². The van der Waals surface area contributed by atoms with Crippen LogP contribution in [-0.2, 0) is 14.3 Å². The van der Waals surface area contributed by atoms with Gasteiger partial charge in [-0.1, -0.05) is 53.4 Å². The van der Waals surface area contributed by atoms with E-state index in [1.54, 1.807) is 12.1 Å². The Morgan fingerprint density at radius 3 is 2.68 bits per heavy atom. The number of rotatable bonds is 5. The lowest BCUT2D eigenvalue weighted by Crippen LogP contribution is -2.74. The Morgan fingerprint density at radius 2 is 2.12 bits per heavy atom. The van der Waals surface area contributed by atoms with E-state index in [1.807, 2.05) is 47.7 Å². The smallest absolute Gasteiger partial charge is 0.333 e. The highest BCUT2D eigenvalue weighted by atomic mass is 127. The summed E-state index contributed by atoms with van der Waals surface area (Å²) in [5, 5.41) is 8.42. The Kier molecular flexibility index (Phi) is 5.32. The summed E-state index contributed by atoms with van der Waals surface area (Å²) < 4.78 is 4.51. The second-order valence-corrected chi connectivity index (χ2v) is 9.67. The van der Waals surface area contributed by atoms with Gasteiger partial charge in [-0.2, -0.15) is 0 Å². The molecule has 1 aromatic heterocycles. The molecular formula is C15H15IN4O3S2. The van der Waals surface area contributed by atoms with Gasteiger partial charge >= 0.3 is 5.97 Å². The standard InChI is InChI=1S/C15H15IN4O3S2/c1-8-18-19-14(24-8)25-13-15(16,17)12(22)20(13)10(11(21)23-2)9-6-4-3-5-7-9/h3-7,10,13H,17H2,1-2H3. The Labute approximate surface area is 166 Å². The zero-order valence-electron chi connectivity index (χ0n) is 13.4. The fourth-order valence-corrected chi connectivity index (χ4v) is 5.61. The minimum atomic E-state index is -1.12. The summed E-state index contributed by atoms with van der Waals surface area (Å²) in [6.45, 7) is 1.85. The molecule has 2 aromatic rings. The predicted molar refractivity (Wildman–Crippen MR) is 103 cm³/mol. The molecule has 0 aliphatic carbocycles. The number of carbonyl (C=O) groups is 2. The minimum Gasteiger partial charge on any atom is -0.467 e. The highest BCUT2D eigenvalue weighted by molar-refractivity contribution is 14.1. The molecule has 1 fully saturated rings. The lowest BCUT2D eigenvalue weighted by molar-refractivity contribution is -0.162. The molecule has 7 nitrogen and oxygen atoms in total. The SMILES string of the molecule is COC(=O)C(c1ccccc1)N1C(=O)C(N)(I)C1Sc1nnc(C)s1. The molecule has 3 atom stereocenters. The molecule has 132 valence electrons. The lowest BCUT2D eigenvalue weighted by atomic mass is 9.98. The predicted octanol–water partition coefficient (Wildman–Crippen LogP) is 2.11. The van der Waals surface area contributed by atoms with Crippen molar-refractivity contribution in [2.75, 3.05) is 7.11 Å². The molecule has 1 aromatic carbocycles. The molecule has 2 heterocycles. The quantitative estimate of drug-likeness (QED) is 0.225. The van der Waals surface area contributed by atoms with Crippen molar-refractivity contribution in [2.24, 2.45) is 5.73 Å². The topological polar surface area (TPSA) is 98.4 Å². The third-order valence-corrected chi connectivity index (χ3v) is 7.46.